The summed E-state index contributed by atoms with van der Waals surface area (Å²) in [6.07, 6.45) is 1.68. The predicted molar refractivity (Wildman–Crippen MR) is 82.4 cm³/mol. The molecule has 0 fully saturated rings. The Morgan fingerprint density at radius 1 is 1.19 bits per heavy atom. The van der Waals surface area contributed by atoms with Crippen LogP contribution in [0.3, 0.4) is 0 Å². The van der Waals surface area contributed by atoms with E-state index in [1.54, 1.807) is 24.4 Å². The number of nitrogens with two attached hydrogens (primary N) is 1. The van der Waals surface area contributed by atoms with Crippen molar-refractivity contribution in [3.05, 3.63) is 54.5 Å². The Morgan fingerprint density at radius 3 is 2.86 bits per heavy atom. The van der Waals surface area contributed by atoms with Crippen molar-refractivity contribution in [2.75, 3.05) is 18.2 Å². The van der Waals surface area contributed by atoms with E-state index in [0.29, 0.717) is 5.69 Å². The summed E-state index contributed by atoms with van der Waals surface area (Å²) >= 11 is 0. The molecule has 0 saturated carbocycles. The molecule has 5 heteroatoms. The molecule has 106 valence electrons. The van der Waals surface area contributed by atoms with Crippen LogP contribution in [-0.2, 0) is 0 Å². The van der Waals surface area contributed by atoms with Crippen molar-refractivity contribution in [1.29, 1.82) is 0 Å². The van der Waals surface area contributed by atoms with Gasteiger partial charge in [0.25, 0.3) is 0 Å². The van der Waals surface area contributed by atoms with E-state index < -0.39 is 5.82 Å². The Morgan fingerprint density at radius 2 is 2.05 bits per heavy atom. The SMILES string of the molecule is COc1cc(Nc2ccnc3c(N)cccc23)ccc1F. The van der Waals surface area contributed by atoms with Crippen LogP contribution < -0.4 is 15.8 Å². The molecule has 2 aromatic carbocycles. The number of ether oxygens (including phenoxy) is 1. The number of nitrogens with one attached hydrogen (secondary N) is 1. The van der Waals surface area contributed by atoms with Crippen LogP contribution in [0.1, 0.15) is 0 Å². The van der Waals surface area contributed by atoms with Crippen molar-refractivity contribution < 1.29 is 9.13 Å². The minimum atomic E-state index is -0.396. The zero-order valence-corrected chi connectivity index (χ0v) is 11.4. The molecule has 0 aliphatic heterocycles. The number of anilines is 3. The molecule has 0 saturated heterocycles. The van der Waals surface area contributed by atoms with Gasteiger partial charge in [-0.1, -0.05) is 12.1 Å². The molecule has 3 rings (SSSR count). The van der Waals surface area contributed by atoms with Crippen LogP contribution in [0.15, 0.2) is 48.7 Å². The van der Waals surface area contributed by atoms with E-state index in [4.69, 9.17) is 10.5 Å². The van der Waals surface area contributed by atoms with Crippen LogP contribution in [0.5, 0.6) is 5.75 Å². The first-order chi connectivity index (χ1) is 10.2. The third-order valence-electron chi connectivity index (χ3n) is 3.23. The molecule has 0 aliphatic carbocycles. The molecule has 0 unspecified atom stereocenters. The van der Waals surface area contributed by atoms with Crippen molar-refractivity contribution in [3.8, 4) is 5.75 Å². The van der Waals surface area contributed by atoms with Crippen LogP contribution in [0.4, 0.5) is 21.5 Å². The summed E-state index contributed by atoms with van der Waals surface area (Å²) in [7, 11) is 1.44. The van der Waals surface area contributed by atoms with Crippen molar-refractivity contribution in [2.24, 2.45) is 0 Å². The molecular formula is C16H14FN3O. The maximum absolute atomic E-state index is 13.4. The van der Waals surface area contributed by atoms with Crippen molar-refractivity contribution in [3.63, 3.8) is 0 Å². The second-order valence-electron chi connectivity index (χ2n) is 4.58. The summed E-state index contributed by atoms with van der Waals surface area (Å²) in [5, 5.41) is 4.14. The number of hydrogen-bond donors (Lipinski definition) is 2. The van der Waals surface area contributed by atoms with Crippen molar-refractivity contribution in [2.45, 2.75) is 0 Å². The van der Waals surface area contributed by atoms with Gasteiger partial charge in [-0.15, -0.1) is 0 Å². The van der Waals surface area contributed by atoms with Crippen LogP contribution in [0.25, 0.3) is 10.9 Å². The highest BCUT2D eigenvalue weighted by molar-refractivity contribution is 5.98. The first kappa shape index (κ1) is 13.2. The highest BCUT2D eigenvalue weighted by Gasteiger charge is 2.07. The van der Waals surface area contributed by atoms with Gasteiger partial charge in [0.1, 0.15) is 0 Å². The highest BCUT2D eigenvalue weighted by Crippen LogP contribution is 2.29. The summed E-state index contributed by atoms with van der Waals surface area (Å²) in [5.41, 5.74) is 8.85. The average Bonchev–Trinajstić information content (AvgIpc) is 2.50. The van der Waals surface area contributed by atoms with Gasteiger partial charge < -0.3 is 15.8 Å². The van der Waals surface area contributed by atoms with E-state index in [1.165, 1.54) is 13.2 Å². The molecule has 0 bridgehead atoms. The Balaban J connectivity index is 2.04. The average molecular weight is 283 g/mol. The zero-order valence-electron chi connectivity index (χ0n) is 11.4. The topological polar surface area (TPSA) is 60.2 Å². The van der Waals surface area contributed by atoms with E-state index in [0.717, 1.165) is 22.3 Å². The third-order valence-corrected chi connectivity index (χ3v) is 3.23. The minimum absolute atomic E-state index is 0.192. The summed E-state index contributed by atoms with van der Waals surface area (Å²) in [6.45, 7) is 0. The van der Waals surface area contributed by atoms with Gasteiger partial charge in [0.15, 0.2) is 11.6 Å². The van der Waals surface area contributed by atoms with Crippen LogP contribution in [0.2, 0.25) is 0 Å². The van der Waals surface area contributed by atoms with Gasteiger partial charge in [-0.05, 0) is 24.3 Å². The smallest absolute Gasteiger partial charge is 0.165 e. The number of methoxy groups -OCH3 is 1. The minimum Gasteiger partial charge on any atom is -0.494 e. The molecule has 1 aromatic heterocycles. The molecule has 0 amide bonds. The van der Waals surface area contributed by atoms with E-state index in [2.05, 4.69) is 10.3 Å². The Labute approximate surface area is 121 Å². The van der Waals surface area contributed by atoms with Gasteiger partial charge in [-0.2, -0.15) is 0 Å². The Kier molecular flexibility index (Phi) is 3.31. The lowest BCUT2D eigenvalue weighted by Gasteiger charge is -2.11. The second kappa shape index (κ2) is 5.28. The van der Waals surface area contributed by atoms with Gasteiger partial charge in [0, 0.05) is 29.0 Å². The van der Waals surface area contributed by atoms with Gasteiger partial charge in [0.05, 0.1) is 18.3 Å². The molecule has 4 nitrogen and oxygen atoms in total. The number of benzene rings is 2. The summed E-state index contributed by atoms with van der Waals surface area (Å²) in [5.74, 6) is -0.204. The van der Waals surface area contributed by atoms with Gasteiger partial charge in [-0.3, -0.25) is 4.98 Å². The number of nitrogen functional groups attached to an aromatic ring is 1. The van der Waals surface area contributed by atoms with Crippen molar-refractivity contribution >= 4 is 28.0 Å². The number of nitrogens with zero attached hydrogens (tertiary/aromatic N) is 1. The van der Waals surface area contributed by atoms with Gasteiger partial charge >= 0.3 is 0 Å². The molecule has 0 radical (unpaired) electrons. The number of aromatic nitrogens is 1. The number of hydrogen-bond acceptors (Lipinski definition) is 4. The van der Waals surface area contributed by atoms with Crippen LogP contribution in [0, 0.1) is 5.82 Å². The number of fused-ring (bicyclic) bond motifs is 1. The second-order valence-corrected chi connectivity index (χ2v) is 4.58. The summed E-state index contributed by atoms with van der Waals surface area (Å²) < 4.78 is 18.4. The van der Waals surface area contributed by atoms with Gasteiger partial charge in [-0.25, -0.2) is 4.39 Å². The predicted octanol–water partition coefficient (Wildman–Crippen LogP) is 3.71. The fourth-order valence-corrected chi connectivity index (χ4v) is 2.20. The normalized spacial score (nSPS) is 10.6. The molecule has 0 spiro atoms. The fraction of sp³-hybridized carbons (Fsp3) is 0.0625. The van der Waals surface area contributed by atoms with E-state index in [1.807, 2.05) is 18.2 Å². The molecule has 21 heavy (non-hydrogen) atoms. The fourth-order valence-electron chi connectivity index (χ4n) is 2.20. The monoisotopic (exact) mass is 283 g/mol. The standard InChI is InChI=1S/C16H14FN3O/c1-21-15-9-10(5-6-12(15)17)20-14-7-8-19-16-11(14)3-2-4-13(16)18/h2-9H,18H2,1H3,(H,19,20). The third kappa shape index (κ3) is 2.45. The van der Waals surface area contributed by atoms with E-state index in [-0.39, 0.29) is 5.75 Å². The maximum atomic E-state index is 13.4. The molecule has 0 atom stereocenters. The number of para-hydroxylation sites is 1. The van der Waals surface area contributed by atoms with Crippen LogP contribution in [-0.4, -0.2) is 12.1 Å². The number of halogens is 1. The van der Waals surface area contributed by atoms with Gasteiger partial charge in [0.2, 0.25) is 0 Å². The number of pyridine rings is 1. The lowest BCUT2D eigenvalue weighted by Crippen LogP contribution is -1.96. The zero-order chi connectivity index (χ0) is 14.8. The Hall–Kier alpha value is -2.82. The van der Waals surface area contributed by atoms with E-state index in [9.17, 15) is 4.39 Å². The summed E-state index contributed by atoms with van der Waals surface area (Å²) in [6, 6.07) is 12.1. The lowest BCUT2D eigenvalue weighted by molar-refractivity contribution is 0.387. The quantitative estimate of drug-likeness (QED) is 0.719. The summed E-state index contributed by atoms with van der Waals surface area (Å²) in [4.78, 5) is 4.28. The molecule has 0 aliphatic rings. The van der Waals surface area contributed by atoms with Crippen molar-refractivity contribution in [1.82, 2.24) is 4.98 Å². The molecule has 1 heterocycles. The maximum Gasteiger partial charge on any atom is 0.165 e. The van der Waals surface area contributed by atoms with E-state index >= 15 is 0 Å². The first-order valence-corrected chi connectivity index (χ1v) is 6.43. The molecule has 3 N–H and O–H groups in total. The largest absolute Gasteiger partial charge is 0.494 e. The Bertz CT molecular complexity index is 805. The highest BCUT2D eigenvalue weighted by atomic mass is 19.1. The molecular weight excluding hydrogens is 269 g/mol. The molecule has 3 aromatic rings. The lowest BCUT2D eigenvalue weighted by atomic mass is 10.1. The number of rotatable bonds is 3. The first-order valence-electron chi connectivity index (χ1n) is 6.43. The van der Waals surface area contributed by atoms with Crippen LogP contribution >= 0.6 is 0 Å².